The molecule has 0 radical (unpaired) electrons. The van der Waals surface area contributed by atoms with Gasteiger partial charge in [0.1, 0.15) is 11.2 Å². The number of fused-ring (bicyclic) bond motifs is 5. The predicted octanol–water partition coefficient (Wildman–Crippen LogP) is 13.8. The van der Waals surface area contributed by atoms with Crippen molar-refractivity contribution in [2.24, 2.45) is 0 Å². The fourth-order valence-corrected chi connectivity index (χ4v) is 8.50. The minimum atomic E-state index is 0.916. The van der Waals surface area contributed by atoms with E-state index in [1.54, 1.807) is 0 Å². The normalized spacial score (nSPS) is 12.1. The third-order valence-electron chi connectivity index (χ3n) is 10.6. The molecule has 226 valence electrons. The summed E-state index contributed by atoms with van der Waals surface area (Å²) in [6.45, 7) is 0. The summed E-state index contributed by atoms with van der Waals surface area (Å²) in [6.07, 6.45) is 0. The van der Waals surface area contributed by atoms with Gasteiger partial charge in [-0.15, -0.1) is 0 Å². The quantitative estimate of drug-likeness (QED) is 0.141. The van der Waals surface area contributed by atoms with Crippen LogP contribution in [0.4, 0.5) is 0 Å². The summed E-state index contributed by atoms with van der Waals surface area (Å²) < 4.78 is 6.59. The smallest absolute Gasteiger partial charge is 0.143 e. The summed E-state index contributed by atoms with van der Waals surface area (Å²) in [4.78, 5) is 0. The lowest BCUT2D eigenvalue weighted by Gasteiger charge is -2.19. The average molecular weight is 621 g/mol. The van der Waals surface area contributed by atoms with Crippen molar-refractivity contribution in [3.63, 3.8) is 0 Å². The van der Waals surface area contributed by atoms with Gasteiger partial charge in [-0.2, -0.15) is 0 Å². The van der Waals surface area contributed by atoms with Gasteiger partial charge in [0, 0.05) is 21.9 Å². The molecule has 0 bridgehead atoms. The molecular formula is C48H28O. The average Bonchev–Trinajstić information content (AvgIpc) is 3.55. The molecule has 49 heavy (non-hydrogen) atoms. The first-order valence-corrected chi connectivity index (χ1v) is 16.9. The van der Waals surface area contributed by atoms with E-state index in [1.807, 2.05) is 6.07 Å². The van der Waals surface area contributed by atoms with Crippen LogP contribution in [-0.2, 0) is 0 Å². The molecular weight excluding hydrogens is 593 g/mol. The first-order chi connectivity index (χ1) is 24.3. The van der Waals surface area contributed by atoms with Gasteiger partial charge in [-0.3, -0.25) is 0 Å². The minimum absolute atomic E-state index is 0.916. The number of hydrogen-bond donors (Lipinski definition) is 0. The van der Waals surface area contributed by atoms with Gasteiger partial charge in [0.2, 0.25) is 0 Å². The highest BCUT2D eigenvalue weighted by Crippen LogP contribution is 2.47. The minimum Gasteiger partial charge on any atom is -0.455 e. The summed E-state index contributed by atoms with van der Waals surface area (Å²) in [6, 6.07) is 62.1. The molecule has 1 heteroatoms. The molecule has 0 aliphatic rings. The SMILES string of the molecule is c1cc(-c2c3ccccc3c(-c3cccc4c3oc3ccccc34)c3ccccc23)cc(-c2ccc3ccc4cccc5ccc2c3c45)c1. The molecule has 1 nitrogen and oxygen atoms in total. The second-order valence-electron chi connectivity index (χ2n) is 13.2. The molecule has 0 atom stereocenters. The van der Waals surface area contributed by atoms with Crippen LogP contribution in [0.15, 0.2) is 174 Å². The standard InChI is InChI=1S/C48H28O/c1-3-17-38-36(15-1)45(37-16-2-4-18-39(37)47(38)42-20-9-19-41-35-14-5-6-21-43(35)49-48(41)42)33-13-8-12-32(28-33)34-26-24-31-23-22-29-10-7-11-30-25-27-40(34)46(31)44(29)30/h1-28H. The van der Waals surface area contributed by atoms with Crippen LogP contribution in [0.2, 0.25) is 0 Å². The third-order valence-corrected chi connectivity index (χ3v) is 10.6. The molecule has 0 aliphatic heterocycles. The van der Waals surface area contributed by atoms with E-state index >= 15 is 0 Å². The van der Waals surface area contributed by atoms with E-state index in [2.05, 4.69) is 164 Å². The van der Waals surface area contributed by atoms with Gasteiger partial charge in [-0.1, -0.05) is 158 Å². The van der Waals surface area contributed by atoms with Gasteiger partial charge in [-0.25, -0.2) is 0 Å². The van der Waals surface area contributed by atoms with Crippen molar-refractivity contribution in [3.05, 3.63) is 170 Å². The van der Waals surface area contributed by atoms with Gasteiger partial charge in [-0.05, 0) is 88.2 Å². The van der Waals surface area contributed by atoms with Crippen molar-refractivity contribution in [1.82, 2.24) is 0 Å². The van der Waals surface area contributed by atoms with E-state index < -0.39 is 0 Å². The Hall–Kier alpha value is -6.44. The molecule has 11 rings (SSSR count). The Bertz CT molecular complexity index is 3030. The van der Waals surface area contributed by atoms with Crippen molar-refractivity contribution in [1.29, 1.82) is 0 Å². The van der Waals surface area contributed by atoms with Crippen molar-refractivity contribution < 1.29 is 4.42 Å². The maximum absolute atomic E-state index is 6.59. The Labute approximate surface area is 282 Å². The second-order valence-corrected chi connectivity index (χ2v) is 13.2. The summed E-state index contributed by atoms with van der Waals surface area (Å²) in [5.41, 5.74) is 9.13. The summed E-state index contributed by atoms with van der Waals surface area (Å²) in [7, 11) is 0. The molecule has 0 spiro atoms. The number of rotatable bonds is 3. The van der Waals surface area contributed by atoms with Crippen molar-refractivity contribution in [3.8, 4) is 33.4 Å². The van der Waals surface area contributed by atoms with E-state index in [9.17, 15) is 0 Å². The maximum atomic E-state index is 6.59. The van der Waals surface area contributed by atoms with Crippen LogP contribution >= 0.6 is 0 Å². The van der Waals surface area contributed by atoms with Gasteiger partial charge in [0.15, 0.2) is 0 Å². The zero-order chi connectivity index (χ0) is 32.1. The fraction of sp³-hybridized carbons (Fsp3) is 0. The van der Waals surface area contributed by atoms with Crippen molar-refractivity contribution in [2.45, 2.75) is 0 Å². The van der Waals surface area contributed by atoms with Crippen LogP contribution in [0.5, 0.6) is 0 Å². The Balaban J connectivity index is 1.18. The molecule has 0 aliphatic carbocycles. The van der Waals surface area contributed by atoms with E-state index in [1.165, 1.54) is 81.7 Å². The Morgan fingerprint density at radius 2 is 0.857 bits per heavy atom. The molecule has 11 aromatic rings. The van der Waals surface area contributed by atoms with Gasteiger partial charge >= 0.3 is 0 Å². The Morgan fingerprint density at radius 3 is 1.61 bits per heavy atom. The van der Waals surface area contributed by atoms with Crippen LogP contribution in [-0.4, -0.2) is 0 Å². The van der Waals surface area contributed by atoms with Crippen LogP contribution in [0.1, 0.15) is 0 Å². The maximum Gasteiger partial charge on any atom is 0.143 e. The number of benzene rings is 10. The molecule has 0 unspecified atom stereocenters. The lowest BCUT2D eigenvalue weighted by atomic mass is 9.84. The summed E-state index contributed by atoms with van der Waals surface area (Å²) in [5, 5.41) is 15.0. The monoisotopic (exact) mass is 620 g/mol. The molecule has 0 N–H and O–H groups in total. The third kappa shape index (κ3) is 3.76. The molecule has 0 saturated heterocycles. The first-order valence-electron chi connectivity index (χ1n) is 16.9. The molecule has 0 saturated carbocycles. The number of hydrogen-bond acceptors (Lipinski definition) is 1. The van der Waals surface area contributed by atoms with Gasteiger partial charge in [0.05, 0.1) is 0 Å². The predicted molar refractivity (Wildman–Crippen MR) is 209 cm³/mol. The molecule has 1 aromatic heterocycles. The Kier molecular flexibility index (Phi) is 5.45. The summed E-state index contributed by atoms with van der Waals surface area (Å²) in [5.74, 6) is 0. The largest absolute Gasteiger partial charge is 0.455 e. The Morgan fingerprint density at radius 1 is 0.306 bits per heavy atom. The van der Waals surface area contributed by atoms with Crippen LogP contribution in [0, 0.1) is 0 Å². The zero-order valence-electron chi connectivity index (χ0n) is 26.6. The van der Waals surface area contributed by atoms with Gasteiger partial charge < -0.3 is 4.42 Å². The van der Waals surface area contributed by atoms with E-state index in [-0.39, 0.29) is 0 Å². The van der Waals surface area contributed by atoms with Crippen molar-refractivity contribution in [2.75, 3.05) is 0 Å². The first kappa shape index (κ1) is 26.6. The lowest BCUT2D eigenvalue weighted by molar-refractivity contribution is 0.670. The highest BCUT2D eigenvalue weighted by atomic mass is 16.3. The second kappa shape index (κ2) is 10.0. The highest BCUT2D eigenvalue weighted by Gasteiger charge is 2.20. The summed E-state index contributed by atoms with van der Waals surface area (Å²) >= 11 is 0. The zero-order valence-corrected chi connectivity index (χ0v) is 26.6. The highest BCUT2D eigenvalue weighted by molar-refractivity contribution is 6.26. The van der Waals surface area contributed by atoms with Crippen LogP contribution < -0.4 is 0 Å². The molecule has 0 amide bonds. The molecule has 10 aromatic carbocycles. The van der Waals surface area contributed by atoms with Gasteiger partial charge in [0.25, 0.3) is 0 Å². The lowest BCUT2D eigenvalue weighted by Crippen LogP contribution is -1.92. The van der Waals surface area contributed by atoms with E-state index in [0.29, 0.717) is 0 Å². The number of para-hydroxylation sites is 2. The van der Waals surface area contributed by atoms with Crippen LogP contribution in [0.3, 0.4) is 0 Å². The van der Waals surface area contributed by atoms with E-state index in [0.717, 1.165) is 27.5 Å². The number of furan rings is 1. The van der Waals surface area contributed by atoms with E-state index in [4.69, 9.17) is 4.42 Å². The van der Waals surface area contributed by atoms with Crippen LogP contribution in [0.25, 0.3) is 109 Å². The molecule has 0 fully saturated rings. The topological polar surface area (TPSA) is 13.1 Å². The fourth-order valence-electron chi connectivity index (χ4n) is 8.50. The van der Waals surface area contributed by atoms with Crippen molar-refractivity contribution >= 4 is 75.8 Å². The molecule has 1 heterocycles.